The molecule has 0 fully saturated rings. The van der Waals surface area contributed by atoms with Crippen LogP contribution >= 0.6 is 0 Å². The Morgan fingerprint density at radius 2 is 1.25 bits per heavy atom. The maximum atomic E-state index is 2.12. The molecule has 0 bridgehead atoms. The van der Waals surface area contributed by atoms with Crippen LogP contribution in [-0.4, -0.2) is 17.6 Å². The van der Waals surface area contributed by atoms with Gasteiger partial charge in [0.25, 0.3) is 0 Å². The van der Waals surface area contributed by atoms with Gasteiger partial charge in [-0.15, -0.1) is 0 Å². The fraction of sp³-hybridized carbons (Fsp3) is 1.00. The molecule has 0 rings (SSSR count). The molecule has 28 valence electrons. The van der Waals surface area contributed by atoms with Crippen LogP contribution in [0.5, 0.6) is 0 Å². The molecule has 0 radical (unpaired) electrons. The Bertz CT molecular complexity index is 3.25. The molecule has 0 N–H and O–H groups in total. The molecule has 0 aliphatic rings. The van der Waals surface area contributed by atoms with Crippen LogP contribution in [0.1, 0.15) is 20.3 Å². The van der Waals surface area contributed by atoms with Gasteiger partial charge in [0.2, 0.25) is 0 Å². The summed E-state index contributed by atoms with van der Waals surface area (Å²) in [6.07, 6.45) is 1.25. The van der Waals surface area contributed by atoms with Gasteiger partial charge in [0.15, 0.2) is 0 Å². The molecule has 0 spiro atoms. The summed E-state index contributed by atoms with van der Waals surface area (Å²) in [5, 5.41) is 0. The molecule has 0 heterocycles. The topological polar surface area (TPSA) is 0 Å². The first-order chi connectivity index (χ1) is 1.41. The van der Waals surface area contributed by atoms with Crippen LogP contribution in [0.2, 0.25) is 0 Å². The molecule has 0 unspecified atom stereocenters. The normalized spacial score (nSPS) is 4.50. The van der Waals surface area contributed by atoms with Gasteiger partial charge in [-0.1, -0.05) is 20.3 Å². The zero-order valence-corrected chi connectivity index (χ0v) is 2.71. The van der Waals surface area contributed by atoms with Crippen LogP contribution in [0.25, 0.3) is 0 Å². The summed E-state index contributed by atoms with van der Waals surface area (Å²) in [4.78, 5) is 0. The van der Waals surface area contributed by atoms with E-state index in [1.54, 1.807) is 0 Å². The summed E-state index contributed by atoms with van der Waals surface area (Å²) in [6.45, 7) is 4.25. The van der Waals surface area contributed by atoms with Gasteiger partial charge in [0.05, 0.1) is 0 Å². The van der Waals surface area contributed by atoms with Gasteiger partial charge in [-0.3, -0.25) is 0 Å². The van der Waals surface area contributed by atoms with Crippen LogP contribution < -0.4 is 0 Å². The van der Waals surface area contributed by atoms with Gasteiger partial charge < -0.3 is 0 Å². The predicted molar refractivity (Wildman–Crippen MR) is 27.3 cm³/mol. The van der Waals surface area contributed by atoms with E-state index in [0.29, 0.717) is 0 Å². The van der Waals surface area contributed by atoms with E-state index >= 15 is 0 Å². The van der Waals surface area contributed by atoms with Gasteiger partial charge in [0.1, 0.15) is 0 Å². The Kier molecular flexibility index (Phi) is 21.2. The Labute approximate surface area is 38.6 Å². The van der Waals surface area contributed by atoms with Crippen LogP contribution in [0.4, 0.5) is 0 Å². The van der Waals surface area contributed by atoms with E-state index in [-0.39, 0.29) is 17.6 Å². The standard InChI is InChI=1S/C3H8.GeH4/c1-3-2;/h3H2,1-2H3;1H4. The van der Waals surface area contributed by atoms with Crippen molar-refractivity contribution in [3.8, 4) is 0 Å². The molecule has 0 atom stereocenters. The summed E-state index contributed by atoms with van der Waals surface area (Å²) in [5.41, 5.74) is 0. The SMILES string of the molecule is CCC.[GeH4]. The molecule has 0 nitrogen and oxygen atoms in total. The van der Waals surface area contributed by atoms with Crippen molar-refractivity contribution in [2.45, 2.75) is 20.3 Å². The molecule has 0 aliphatic heterocycles. The fourth-order valence-corrected chi connectivity index (χ4v) is 0. The number of hydrogen-bond donors (Lipinski definition) is 0. The van der Waals surface area contributed by atoms with E-state index in [4.69, 9.17) is 0 Å². The predicted octanol–water partition coefficient (Wildman–Crippen LogP) is -0.0353. The van der Waals surface area contributed by atoms with Crippen molar-refractivity contribution < 1.29 is 0 Å². The summed E-state index contributed by atoms with van der Waals surface area (Å²) >= 11 is 0. The molecule has 0 saturated carbocycles. The molecule has 1 heteroatoms. The van der Waals surface area contributed by atoms with Gasteiger partial charge in [-0.25, -0.2) is 0 Å². The third-order valence-corrected chi connectivity index (χ3v) is 0. The molecule has 0 saturated heterocycles. The maximum absolute atomic E-state index is 2.12. The Morgan fingerprint density at radius 3 is 1.25 bits per heavy atom. The van der Waals surface area contributed by atoms with Crippen molar-refractivity contribution in [3.05, 3.63) is 0 Å². The quantitative estimate of drug-likeness (QED) is 0.394. The van der Waals surface area contributed by atoms with E-state index in [1.165, 1.54) is 6.42 Å². The monoisotopic (exact) mass is 122 g/mol. The second-order valence-corrected chi connectivity index (χ2v) is 0.707. The summed E-state index contributed by atoms with van der Waals surface area (Å²) < 4.78 is 0. The van der Waals surface area contributed by atoms with Crippen molar-refractivity contribution >= 4 is 17.6 Å². The summed E-state index contributed by atoms with van der Waals surface area (Å²) in [7, 11) is 0. The van der Waals surface area contributed by atoms with E-state index in [1.807, 2.05) is 0 Å². The van der Waals surface area contributed by atoms with E-state index < -0.39 is 0 Å². The first-order valence-corrected chi connectivity index (χ1v) is 1.41. The third kappa shape index (κ3) is 20.5. The van der Waals surface area contributed by atoms with Crippen LogP contribution in [0.15, 0.2) is 0 Å². The minimum absolute atomic E-state index is 0. The van der Waals surface area contributed by atoms with Crippen LogP contribution in [0.3, 0.4) is 0 Å². The van der Waals surface area contributed by atoms with Crippen molar-refractivity contribution in [1.29, 1.82) is 0 Å². The summed E-state index contributed by atoms with van der Waals surface area (Å²) in [6, 6.07) is 0. The Hall–Kier alpha value is 0.543. The van der Waals surface area contributed by atoms with Crippen molar-refractivity contribution in [3.63, 3.8) is 0 Å². The molecule has 0 aromatic heterocycles. The fourth-order valence-electron chi connectivity index (χ4n) is 0. The van der Waals surface area contributed by atoms with Crippen molar-refractivity contribution in [1.82, 2.24) is 0 Å². The molecule has 0 amide bonds. The second-order valence-electron chi connectivity index (χ2n) is 0.707. The third-order valence-electron chi connectivity index (χ3n) is 0. The van der Waals surface area contributed by atoms with Gasteiger partial charge in [-0.05, 0) is 0 Å². The van der Waals surface area contributed by atoms with Crippen LogP contribution in [-0.2, 0) is 0 Å². The summed E-state index contributed by atoms with van der Waals surface area (Å²) in [5.74, 6) is 0. The minimum atomic E-state index is 0. The average molecular weight is 121 g/mol. The Morgan fingerprint density at radius 1 is 1.25 bits per heavy atom. The second kappa shape index (κ2) is 9.62. The van der Waals surface area contributed by atoms with Gasteiger partial charge in [0, 0.05) is 0 Å². The van der Waals surface area contributed by atoms with Crippen molar-refractivity contribution in [2.24, 2.45) is 0 Å². The average Bonchev–Trinajstić information content (AvgIpc) is 0.918. The zero-order chi connectivity index (χ0) is 2.71. The molecule has 0 aromatic rings. The Balaban J connectivity index is 0. The van der Waals surface area contributed by atoms with Crippen molar-refractivity contribution in [2.75, 3.05) is 0 Å². The first-order valence-electron chi connectivity index (χ1n) is 1.41. The number of hydrogen-bond acceptors (Lipinski definition) is 0. The number of rotatable bonds is 0. The molecular formula is C3H12Ge. The first kappa shape index (κ1) is 8.82. The van der Waals surface area contributed by atoms with Gasteiger partial charge >= 0.3 is 17.6 Å². The molecule has 0 aromatic carbocycles. The molecular weight excluding hydrogens is 109 g/mol. The molecule has 0 aliphatic carbocycles. The molecule has 4 heavy (non-hydrogen) atoms. The van der Waals surface area contributed by atoms with E-state index in [0.717, 1.165) is 0 Å². The van der Waals surface area contributed by atoms with E-state index in [2.05, 4.69) is 13.8 Å². The van der Waals surface area contributed by atoms with E-state index in [9.17, 15) is 0 Å². The van der Waals surface area contributed by atoms with Crippen LogP contribution in [0, 0.1) is 0 Å². The zero-order valence-electron chi connectivity index (χ0n) is 2.71. The van der Waals surface area contributed by atoms with Gasteiger partial charge in [-0.2, -0.15) is 0 Å².